The van der Waals surface area contributed by atoms with Crippen LogP contribution >= 0.6 is 0 Å². The molecule has 0 spiro atoms. The van der Waals surface area contributed by atoms with Crippen molar-refractivity contribution in [3.63, 3.8) is 0 Å². The van der Waals surface area contributed by atoms with E-state index in [9.17, 15) is 0 Å². The lowest BCUT2D eigenvalue weighted by atomic mass is 9.97. The number of hydrogen-bond donors (Lipinski definition) is 1. The van der Waals surface area contributed by atoms with Gasteiger partial charge in [-0.2, -0.15) is 0 Å². The van der Waals surface area contributed by atoms with Gasteiger partial charge in [0.15, 0.2) is 0 Å². The minimum atomic E-state index is 0.573. The smallest absolute Gasteiger partial charge is 0.122 e. The van der Waals surface area contributed by atoms with Crippen molar-refractivity contribution >= 4 is 0 Å². The standard InChI is InChI=1S/C13H22N2O/c1-9-6-13(16-5)11(3)10(2)12(9)7-15(4)8-14/h6H,7-8,14H2,1-5H3. The summed E-state index contributed by atoms with van der Waals surface area (Å²) in [6.07, 6.45) is 0. The zero-order valence-corrected chi connectivity index (χ0v) is 10.9. The fraction of sp³-hybridized carbons (Fsp3) is 0.538. The van der Waals surface area contributed by atoms with Crippen LogP contribution in [0.5, 0.6) is 5.75 Å². The molecule has 0 aliphatic heterocycles. The van der Waals surface area contributed by atoms with Gasteiger partial charge in [0.25, 0.3) is 0 Å². The van der Waals surface area contributed by atoms with Gasteiger partial charge in [-0.1, -0.05) is 0 Å². The Hall–Kier alpha value is -1.06. The third-order valence-corrected chi connectivity index (χ3v) is 3.17. The van der Waals surface area contributed by atoms with Crippen molar-refractivity contribution in [1.82, 2.24) is 4.90 Å². The monoisotopic (exact) mass is 222 g/mol. The van der Waals surface area contributed by atoms with Gasteiger partial charge in [0.2, 0.25) is 0 Å². The predicted octanol–water partition coefficient (Wildman–Crippen LogP) is 1.97. The summed E-state index contributed by atoms with van der Waals surface area (Å²) >= 11 is 0. The van der Waals surface area contributed by atoms with E-state index in [4.69, 9.17) is 10.5 Å². The third-order valence-electron chi connectivity index (χ3n) is 3.17. The highest BCUT2D eigenvalue weighted by Crippen LogP contribution is 2.27. The molecule has 90 valence electrons. The van der Waals surface area contributed by atoms with E-state index >= 15 is 0 Å². The predicted molar refractivity (Wildman–Crippen MR) is 67.7 cm³/mol. The maximum atomic E-state index is 5.62. The molecule has 0 saturated carbocycles. The Morgan fingerprint density at radius 3 is 2.38 bits per heavy atom. The Morgan fingerprint density at radius 2 is 1.88 bits per heavy atom. The van der Waals surface area contributed by atoms with Gasteiger partial charge in [-0.25, -0.2) is 0 Å². The first kappa shape index (κ1) is 13.0. The first-order valence-electron chi connectivity index (χ1n) is 5.53. The minimum absolute atomic E-state index is 0.573. The number of hydrogen-bond acceptors (Lipinski definition) is 3. The van der Waals surface area contributed by atoms with Gasteiger partial charge in [-0.05, 0) is 56.1 Å². The normalized spacial score (nSPS) is 10.9. The zero-order chi connectivity index (χ0) is 12.3. The van der Waals surface area contributed by atoms with Crippen LogP contribution in [0.4, 0.5) is 0 Å². The number of methoxy groups -OCH3 is 1. The molecule has 0 aliphatic rings. The number of aryl methyl sites for hydroxylation is 1. The van der Waals surface area contributed by atoms with Crippen molar-refractivity contribution in [2.45, 2.75) is 27.3 Å². The van der Waals surface area contributed by atoms with Crippen molar-refractivity contribution in [1.29, 1.82) is 0 Å². The average molecular weight is 222 g/mol. The Labute approximate surface area is 98.2 Å². The minimum Gasteiger partial charge on any atom is -0.496 e. The van der Waals surface area contributed by atoms with E-state index in [1.165, 1.54) is 22.3 Å². The average Bonchev–Trinajstić information content (AvgIpc) is 2.28. The van der Waals surface area contributed by atoms with E-state index in [0.29, 0.717) is 6.67 Å². The van der Waals surface area contributed by atoms with Crippen LogP contribution in [0.2, 0.25) is 0 Å². The molecule has 3 heteroatoms. The molecule has 0 atom stereocenters. The lowest BCUT2D eigenvalue weighted by molar-refractivity contribution is 0.335. The zero-order valence-electron chi connectivity index (χ0n) is 10.9. The number of ether oxygens (including phenoxy) is 1. The Balaban J connectivity index is 3.15. The van der Waals surface area contributed by atoms with Crippen molar-refractivity contribution in [2.24, 2.45) is 5.73 Å². The summed E-state index contributed by atoms with van der Waals surface area (Å²) in [5, 5.41) is 0. The van der Waals surface area contributed by atoms with Crippen LogP contribution in [0.1, 0.15) is 22.3 Å². The van der Waals surface area contributed by atoms with E-state index < -0.39 is 0 Å². The lowest BCUT2D eigenvalue weighted by Crippen LogP contribution is -2.26. The largest absolute Gasteiger partial charge is 0.496 e. The molecule has 16 heavy (non-hydrogen) atoms. The number of benzene rings is 1. The molecular formula is C13H22N2O. The maximum absolute atomic E-state index is 5.62. The summed E-state index contributed by atoms with van der Waals surface area (Å²) in [6.45, 7) is 7.82. The van der Waals surface area contributed by atoms with E-state index in [1.807, 2.05) is 7.05 Å². The summed E-state index contributed by atoms with van der Waals surface area (Å²) in [5.41, 5.74) is 10.8. The Bertz CT molecular complexity index is 375. The van der Waals surface area contributed by atoms with Crippen molar-refractivity contribution in [3.8, 4) is 5.75 Å². The maximum Gasteiger partial charge on any atom is 0.122 e. The molecule has 0 aliphatic carbocycles. The second kappa shape index (κ2) is 5.32. The SMILES string of the molecule is COc1cc(C)c(CN(C)CN)c(C)c1C. The van der Waals surface area contributed by atoms with Crippen LogP contribution in [0.3, 0.4) is 0 Å². The van der Waals surface area contributed by atoms with Gasteiger partial charge < -0.3 is 10.5 Å². The molecule has 2 N–H and O–H groups in total. The van der Waals surface area contributed by atoms with Gasteiger partial charge >= 0.3 is 0 Å². The molecule has 0 heterocycles. The van der Waals surface area contributed by atoms with E-state index in [2.05, 4.69) is 31.7 Å². The molecule has 3 nitrogen and oxygen atoms in total. The van der Waals surface area contributed by atoms with Crippen LogP contribution in [-0.2, 0) is 6.54 Å². The van der Waals surface area contributed by atoms with Crippen molar-refractivity contribution in [2.75, 3.05) is 20.8 Å². The molecule has 0 fully saturated rings. The molecule has 1 aromatic rings. The van der Waals surface area contributed by atoms with Crippen molar-refractivity contribution < 1.29 is 4.74 Å². The van der Waals surface area contributed by atoms with Gasteiger partial charge in [0.05, 0.1) is 7.11 Å². The van der Waals surface area contributed by atoms with Crippen molar-refractivity contribution in [3.05, 3.63) is 28.3 Å². The van der Waals surface area contributed by atoms with E-state index in [1.54, 1.807) is 7.11 Å². The third kappa shape index (κ3) is 2.54. The first-order chi connectivity index (χ1) is 7.51. The fourth-order valence-corrected chi connectivity index (χ4v) is 1.89. The Morgan fingerprint density at radius 1 is 1.25 bits per heavy atom. The molecule has 0 aromatic heterocycles. The molecule has 0 saturated heterocycles. The molecule has 0 bridgehead atoms. The summed E-state index contributed by atoms with van der Waals surface area (Å²) in [4.78, 5) is 2.10. The quantitative estimate of drug-likeness (QED) is 0.792. The molecule has 0 unspecified atom stereocenters. The Kier molecular flexibility index (Phi) is 4.33. The second-order valence-electron chi connectivity index (χ2n) is 4.32. The summed E-state index contributed by atoms with van der Waals surface area (Å²) in [6, 6.07) is 2.10. The number of nitrogens with zero attached hydrogens (tertiary/aromatic N) is 1. The number of nitrogens with two attached hydrogens (primary N) is 1. The summed E-state index contributed by atoms with van der Waals surface area (Å²) < 4.78 is 5.35. The van der Waals surface area contributed by atoms with Crippen LogP contribution in [0, 0.1) is 20.8 Å². The topological polar surface area (TPSA) is 38.5 Å². The molecule has 0 radical (unpaired) electrons. The van der Waals surface area contributed by atoms with Gasteiger partial charge in [-0.15, -0.1) is 0 Å². The van der Waals surface area contributed by atoms with E-state index in [-0.39, 0.29) is 0 Å². The van der Waals surface area contributed by atoms with Crippen LogP contribution < -0.4 is 10.5 Å². The van der Waals surface area contributed by atoms with Crippen LogP contribution in [0.15, 0.2) is 6.07 Å². The second-order valence-corrected chi connectivity index (χ2v) is 4.32. The number of rotatable bonds is 4. The molecule has 1 aromatic carbocycles. The molecule has 0 amide bonds. The van der Waals surface area contributed by atoms with Gasteiger partial charge in [0.1, 0.15) is 5.75 Å². The highest BCUT2D eigenvalue weighted by atomic mass is 16.5. The van der Waals surface area contributed by atoms with Crippen LogP contribution in [0.25, 0.3) is 0 Å². The van der Waals surface area contributed by atoms with Gasteiger partial charge in [-0.3, -0.25) is 4.90 Å². The highest BCUT2D eigenvalue weighted by molar-refractivity contribution is 5.48. The first-order valence-corrected chi connectivity index (χ1v) is 5.53. The summed E-state index contributed by atoms with van der Waals surface area (Å²) in [7, 11) is 3.74. The van der Waals surface area contributed by atoms with Crippen LogP contribution in [-0.4, -0.2) is 25.7 Å². The highest BCUT2D eigenvalue weighted by Gasteiger charge is 2.11. The summed E-state index contributed by atoms with van der Waals surface area (Å²) in [5.74, 6) is 0.967. The fourth-order valence-electron chi connectivity index (χ4n) is 1.89. The van der Waals surface area contributed by atoms with E-state index in [0.717, 1.165) is 12.3 Å². The lowest BCUT2D eigenvalue weighted by Gasteiger charge is -2.20. The molecular weight excluding hydrogens is 200 g/mol. The molecule has 1 rings (SSSR count). The van der Waals surface area contributed by atoms with Gasteiger partial charge in [0, 0.05) is 13.2 Å².